The summed E-state index contributed by atoms with van der Waals surface area (Å²) in [6, 6.07) is 0. The Labute approximate surface area is 138 Å². The molecule has 0 fully saturated rings. The Kier molecular flexibility index (Phi) is 4.09. The van der Waals surface area contributed by atoms with E-state index >= 15 is 0 Å². The molecule has 0 nitrogen and oxygen atoms in total. The zero-order valence-electron chi connectivity index (χ0n) is 8.80. The number of thioether (sulfide) groups is 4. The maximum atomic E-state index is 3.64. The molecule has 7 heteroatoms. The van der Waals surface area contributed by atoms with Gasteiger partial charge in [-0.2, -0.15) is 0 Å². The lowest BCUT2D eigenvalue weighted by Gasteiger charge is -2.00. The van der Waals surface area contributed by atoms with Crippen LogP contribution in [0.15, 0.2) is 35.6 Å². The normalized spacial score (nSPS) is 19.5. The molecule has 0 bridgehead atoms. The second-order valence-corrected chi connectivity index (χ2v) is 12.1. The van der Waals surface area contributed by atoms with E-state index in [4.69, 9.17) is 0 Å². The van der Waals surface area contributed by atoms with Crippen molar-refractivity contribution in [3.05, 3.63) is 25.9 Å². The van der Waals surface area contributed by atoms with E-state index in [2.05, 4.69) is 45.7 Å². The third-order valence-corrected chi connectivity index (χ3v) is 11.4. The smallest absolute Gasteiger partial charge is 0.0861 e. The highest BCUT2D eigenvalue weighted by Gasteiger charge is 2.30. The first-order chi connectivity index (χ1) is 8.06. The van der Waals surface area contributed by atoms with Crippen LogP contribution < -0.4 is 0 Å². The summed E-state index contributed by atoms with van der Waals surface area (Å²) in [5.41, 5.74) is 0. The molecule has 1 aromatic rings. The molecule has 2 aliphatic rings. The number of hydrogen-bond acceptors (Lipinski definition) is 5. The predicted octanol–water partition coefficient (Wildman–Crippen LogP) is 7.33. The van der Waals surface area contributed by atoms with E-state index in [0.717, 1.165) is 0 Å². The van der Waals surface area contributed by atoms with Crippen LogP contribution in [0.25, 0.3) is 0 Å². The highest BCUT2D eigenvalue weighted by molar-refractivity contribution is 9.12. The summed E-state index contributed by atoms with van der Waals surface area (Å²) in [4.78, 5) is 5.62. The van der Waals surface area contributed by atoms with Crippen molar-refractivity contribution in [3.63, 3.8) is 0 Å². The van der Waals surface area contributed by atoms with Gasteiger partial charge in [-0.15, -0.1) is 11.3 Å². The monoisotopic (exact) mass is 444 g/mol. The van der Waals surface area contributed by atoms with E-state index in [1.807, 2.05) is 47.0 Å². The van der Waals surface area contributed by atoms with Gasteiger partial charge in [-0.05, 0) is 55.5 Å². The molecule has 0 radical (unpaired) electrons. The van der Waals surface area contributed by atoms with E-state index in [0.29, 0.717) is 0 Å². The van der Waals surface area contributed by atoms with Crippen LogP contribution in [-0.2, 0) is 0 Å². The SMILES string of the molecule is CC1=C(C)SC(=C2Sc3c(Br)sc(Br)c3S2)S1. The quantitative estimate of drug-likeness (QED) is 0.409. The fraction of sp³-hybridized carbons (Fsp3) is 0.200. The zero-order valence-corrected chi connectivity index (χ0v) is 16.1. The molecule has 0 saturated heterocycles. The predicted molar refractivity (Wildman–Crippen MR) is 92.0 cm³/mol. The van der Waals surface area contributed by atoms with E-state index in [9.17, 15) is 0 Å². The van der Waals surface area contributed by atoms with Crippen LogP contribution in [0.2, 0.25) is 0 Å². The van der Waals surface area contributed by atoms with Crippen molar-refractivity contribution in [2.45, 2.75) is 23.6 Å². The summed E-state index contributed by atoms with van der Waals surface area (Å²) in [5.74, 6) is 0. The van der Waals surface area contributed by atoms with Crippen molar-refractivity contribution < 1.29 is 0 Å². The van der Waals surface area contributed by atoms with Crippen molar-refractivity contribution in [3.8, 4) is 0 Å². The molecule has 0 atom stereocenters. The van der Waals surface area contributed by atoms with Gasteiger partial charge in [0.05, 0.1) is 25.8 Å². The van der Waals surface area contributed by atoms with Gasteiger partial charge >= 0.3 is 0 Å². The minimum atomic E-state index is 1.24. The second-order valence-electron chi connectivity index (χ2n) is 3.40. The summed E-state index contributed by atoms with van der Waals surface area (Å²) in [5, 5.41) is 0. The molecule has 0 spiro atoms. The summed E-state index contributed by atoms with van der Waals surface area (Å²) >= 11 is 16.6. The van der Waals surface area contributed by atoms with Gasteiger partial charge in [-0.1, -0.05) is 47.0 Å². The largest absolute Gasteiger partial charge is 0.119 e. The Morgan fingerprint density at radius 2 is 1.12 bits per heavy atom. The number of rotatable bonds is 0. The maximum absolute atomic E-state index is 3.64. The molecule has 3 heterocycles. The molecule has 0 unspecified atom stereocenters. The summed E-state index contributed by atoms with van der Waals surface area (Å²) in [6.07, 6.45) is 0. The summed E-state index contributed by atoms with van der Waals surface area (Å²) in [6.45, 7) is 4.40. The van der Waals surface area contributed by atoms with Gasteiger partial charge in [0.25, 0.3) is 0 Å². The van der Waals surface area contributed by atoms with E-state index < -0.39 is 0 Å². The van der Waals surface area contributed by atoms with Crippen molar-refractivity contribution in [1.29, 1.82) is 0 Å². The van der Waals surface area contributed by atoms with Gasteiger partial charge in [-0.25, -0.2) is 0 Å². The Bertz CT molecular complexity index is 525. The van der Waals surface area contributed by atoms with Gasteiger partial charge in [0.1, 0.15) is 0 Å². The van der Waals surface area contributed by atoms with Crippen molar-refractivity contribution in [1.82, 2.24) is 0 Å². The van der Waals surface area contributed by atoms with Gasteiger partial charge in [0.15, 0.2) is 0 Å². The van der Waals surface area contributed by atoms with E-state index in [1.54, 1.807) is 11.3 Å². The lowest BCUT2D eigenvalue weighted by molar-refractivity contribution is 1.31. The minimum absolute atomic E-state index is 1.24. The first-order valence-electron chi connectivity index (χ1n) is 4.67. The van der Waals surface area contributed by atoms with Crippen LogP contribution in [-0.4, -0.2) is 0 Å². The lowest BCUT2D eigenvalue weighted by atomic mass is 10.6. The molecule has 3 rings (SSSR count). The van der Waals surface area contributed by atoms with E-state index in [-0.39, 0.29) is 0 Å². The second kappa shape index (κ2) is 5.14. The van der Waals surface area contributed by atoms with E-state index in [1.165, 1.54) is 35.6 Å². The Morgan fingerprint density at radius 3 is 1.59 bits per heavy atom. The summed E-state index contributed by atoms with van der Waals surface area (Å²) < 4.78 is 5.34. The molecule has 0 amide bonds. The highest BCUT2D eigenvalue weighted by atomic mass is 79.9. The fourth-order valence-electron chi connectivity index (χ4n) is 1.34. The molecule has 0 aliphatic carbocycles. The number of thiophene rings is 1. The molecule has 1 aromatic heterocycles. The molecule has 0 aromatic carbocycles. The Morgan fingerprint density at radius 1 is 0.706 bits per heavy atom. The topological polar surface area (TPSA) is 0 Å². The highest BCUT2D eigenvalue weighted by Crippen LogP contribution is 2.64. The van der Waals surface area contributed by atoms with Crippen LogP contribution in [0.5, 0.6) is 0 Å². The third kappa shape index (κ3) is 2.45. The number of halogens is 2. The number of fused-ring (bicyclic) bond motifs is 1. The molecule has 0 N–H and O–H groups in total. The van der Waals surface area contributed by atoms with Crippen LogP contribution in [0.3, 0.4) is 0 Å². The summed E-state index contributed by atoms with van der Waals surface area (Å²) in [7, 11) is 0. The van der Waals surface area contributed by atoms with Gasteiger partial charge in [-0.3, -0.25) is 0 Å². The molecule has 90 valence electrons. The third-order valence-electron chi connectivity index (χ3n) is 2.29. The first-order valence-corrected chi connectivity index (χ1v) is 10.3. The van der Waals surface area contributed by atoms with Crippen LogP contribution in [0, 0.1) is 0 Å². The number of allylic oxidation sites excluding steroid dienone is 2. The van der Waals surface area contributed by atoms with Crippen LogP contribution >= 0.6 is 90.2 Å². The maximum Gasteiger partial charge on any atom is 0.0861 e. The lowest BCUT2D eigenvalue weighted by Crippen LogP contribution is -1.66. The molecule has 0 saturated carbocycles. The molecular formula is C10H6Br2S5. The first kappa shape index (κ1) is 13.5. The van der Waals surface area contributed by atoms with Crippen molar-refractivity contribution >= 4 is 90.2 Å². The average Bonchev–Trinajstić information content (AvgIpc) is 2.88. The Hall–Kier alpha value is 1.54. The minimum Gasteiger partial charge on any atom is -0.119 e. The average molecular weight is 446 g/mol. The standard InChI is InChI=1S/C10H6Br2S5/c1-3-4(2)14-9(13-3)10-15-5-6(16-10)8(12)17-7(5)11/h1-2H3. The van der Waals surface area contributed by atoms with Crippen molar-refractivity contribution in [2.75, 3.05) is 0 Å². The molecular weight excluding hydrogens is 440 g/mol. The molecule has 17 heavy (non-hydrogen) atoms. The van der Waals surface area contributed by atoms with Gasteiger partial charge < -0.3 is 0 Å². The number of hydrogen-bond donors (Lipinski definition) is 0. The van der Waals surface area contributed by atoms with Crippen LogP contribution in [0.4, 0.5) is 0 Å². The van der Waals surface area contributed by atoms with Crippen molar-refractivity contribution in [2.24, 2.45) is 0 Å². The Balaban J connectivity index is 1.93. The zero-order chi connectivity index (χ0) is 12.2. The van der Waals surface area contributed by atoms with Gasteiger partial charge in [0.2, 0.25) is 0 Å². The van der Waals surface area contributed by atoms with Gasteiger partial charge in [0, 0.05) is 0 Å². The fourth-order valence-corrected chi connectivity index (χ4v) is 10.5. The van der Waals surface area contributed by atoms with Crippen LogP contribution in [0.1, 0.15) is 13.8 Å². The molecule has 2 aliphatic heterocycles.